The fraction of sp³-hybridized carbons (Fsp3) is 0.222. The molecule has 3 heterocycles. The Morgan fingerprint density at radius 1 is 1.19 bits per heavy atom. The second-order valence-corrected chi connectivity index (χ2v) is 7.36. The fourth-order valence-corrected chi connectivity index (χ4v) is 3.46. The first-order valence-corrected chi connectivity index (χ1v) is 9.50. The molecule has 0 bridgehead atoms. The number of aromatic nitrogens is 4. The van der Waals surface area contributed by atoms with E-state index in [2.05, 4.69) is 25.3 Å². The summed E-state index contributed by atoms with van der Waals surface area (Å²) in [6, 6.07) is 1.89. The molecule has 0 fully saturated rings. The molecule has 14 heteroatoms. The number of anilines is 1. The van der Waals surface area contributed by atoms with Crippen molar-refractivity contribution in [1.29, 1.82) is 0 Å². The van der Waals surface area contributed by atoms with Gasteiger partial charge in [0.15, 0.2) is 10.7 Å². The van der Waals surface area contributed by atoms with Gasteiger partial charge in [-0.15, -0.1) is 0 Å². The molecule has 0 aliphatic rings. The van der Waals surface area contributed by atoms with E-state index in [1.807, 2.05) is 0 Å². The summed E-state index contributed by atoms with van der Waals surface area (Å²) in [5.41, 5.74) is -1.33. The third-order valence-corrected chi connectivity index (χ3v) is 4.95. The van der Waals surface area contributed by atoms with Crippen LogP contribution in [0.3, 0.4) is 0 Å². The molecular formula is C18H15F3N6O4S. The normalized spacial score (nSPS) is 11.2. The number of alkyl halides is 3. The van der Waals surface area contributed by atoms with Gasteiger partial charge in [-0.1, -0.05) is 11.3 Å². The van der Waals surface area contributed by atoms with Crippen molar-refractivity contribution >= 4 is 28.3 Å². The minimum atomic E-state index is -4.58. The van der Waals surface area contributed by atoms with Crippen LogP contribution in [0.25, 0.3) is 11.4 Å². The lowest BCUT2D eigenvalue weighted by Gasteiger charge is -2.10. The Balaban J connectivity index is 2.01. The maximum atomic E-state index is 12.8. The molecule has 0 aromatic carbocycles. The summed E-state index contributed by atoms with van der Waals surface area (Å²) in [7, 11) is 4.20. The molecule has 3 aromatic heterocycles. The van der Waals surface area contributed by atoms with Crippen LogP contribution < -0.4 is 10.1 Å². The highest BCUT2D eigenvalue weighted by atomic mass is 32.1. The lowest BCUT2D eigenvalue weighted by atomic mass is 10.2. The molecular weight excluding hydrogens is 453 g/mol. The van der Waals surface area contributed by atoms with E-state index in [4.69, 9.17) is 4.74 Å². The summed E-state index contributed by atoms with van der Waals surface area (Å²) in [5, 5.41) is 12.2. The first kappa shape index (κ1) is 22.9. The van der Waals surface area contributed by atoms with Gasteiger partial charge in [0.1, 0.15) is 16.9 Å². The second-order valence-electron chi connectivity index (χ2n) is 6.36. The van der Waals surface area contributed by atoms with Crippen molar-refractivity contribution in [2.24, 2.45) is 0 Å². The van der Waals surface area contributed by atoms with Crippen LogP contribution in [0.4, 0.5) is 18.3 Å². The predicted octanol–water partition coefficient (Wildman–Crippen LogP) is 2.68. The van der Waals surface area contributed by atoms with Gasteiger partial charge in [0.05, 0.1) is 18.4 Å². The van der Waals surface area contributed by atoms with Crippen LogP contribution in [0.1, 0.15) is 25.6 Å². The van der Waals surface area contributed by atoms with Gasteiger partial charge in [0.2, 0.25) is 11.8 Å². The standard InChI is InChI=1S/C18H15F3N6O4S/c1-27(2)16(30)12-11(9-5-4-8(6-22-9)18(19,20)21)25-17(32-12)26-14(29)10-13(28)23-7-24-15(10)31-3/h4-7H,1-3H3,(H,23,24,28)(H,25,26,29). The number of carbonyl (C=O) groups is 2. The third kappa shape index (κ3) is 4.59. The molecule has 0 saturated heterocycles. The summed E-state index contributed by atoms with van der Waals surface area (Å²) < 4.78 is 43.4. The Kier molecular flexibility index (Phi) is 6.25. The zero-order valence-electron chi connectivity index (χ0n) is 16.8. The summed E-state index contributed by atoms with van der Waals surface area (Å²) >= 11 is 0.783. The number of aromatic hydroxyl groups is 1. The van der Waals surface area contributed by atoms with Crippen molar-refractivity contribution in [3.63, 3.8) is 0 Å². The maximum Gasteiger partial charge on any atom is 0.417 e. The Morgan fingerprint density at radius 3 is 2.47 bits per heavy atom. The van der Waals surface area contributed by atoms with Gasteiger partial charge in [-0.2, -0.15) is 13.2 Å². The van der Waals surface area contributed by atoms with Crippen LogP contribution in [-0.2, 0) is 6.18 Å². The summed E-state index contributed by atoms with van der Waals surface area (Å²) in [6.07, 6.45) is -2.95. The summed E-state index contributed by atoms with van der Waals surface area (Å²) in [6.45, 7) is 0. The van der Waals surface area contributed by atoms with Crippen molar-refractivity contribution in [2.45, 2.75) is 6.18 Å². The third-order valence-electron chi connectivity index (χ3n) is 3.99. The first-order valence-electron chi connectivity index (χ1n) is 8.68. The minimum Gasteiger partial charge on any atom is -0.493 e. The molecule has 0 unspecified atom stereocenters. The van der Waals surface area contributed by atoms with E-state index in [0.29, 0.717) is 6.20 Å². The maximum absolute atomic E-state index is 12.8. The topological polar surface area (TPSA) is 130 Å². The van der Waals surface area contributed by atoms with Gasteiger partial charge < -0.3 is 14.7 Å². The second kappa shape index (κ2) is 8.74. The van der Waals surface area contributed by atoms with Crippen LogP contribution >= 0.6 is 11.3 Å². The largest absolute Gasteiger partial charge is 0.493 e. The van der Waals surface area contributed by atoms with Crippen molar-refractivity contribution < 1.29 is 32.6 Å². The average Bonchev–Trinajstić information content (AvgIpc) is 3.15. The van der Waals surface area contributed by atoms with E-state index in [1.165, 1.54) is 26.1 Å². The predicted molar refractivity (Wildman–Crippen MR) is 107 cm³/mol. The molecule has 0 spiro atoms. The molecule has 2 N–H and O–H groups in total. The molecule has 0 saturated carbocycles. The number of pyridine rings is 1. The van der Waals surface area contributed by atoms with Gasteiger partial charge in [-0.25, -0.2) is 15.0 Å². The van der Waals surface area contributed by atoms with Crippen molar-refractivity contribution in [2.75, 3.05) is 26.5 Å². The molecule has 3 aromatic rings. The number of carbonyl (C=O) groups excluding carboxylic acids is 2. The number of amides is 2. The Morgan fingerprint density at radius 2 is 1.91 bits per heavy atom. The van der Waals surface area contributed by atoms with Crippen molar-refractivity contribution in [1.82, 2.24) is 24.8 Å². The van der Waals surface area contributed by atoms with Gasteiger partial charge in [-0.05, 0) is 12.1 Å². The number of methoxy groups -OCH3 is 1. The lowest BCUT2D eigenvalue weighted by Crippen LogP contribution is -2.21. The first-order chi connectivity index (χ1) is 15.0. The summed E-state index contributed by atoms with van der Waals surface area (Å²) in [4.78, 5) is 41.7. The zero-order chi connectivity index (χ0) is 23.6. The number of rotatable bonds is 5. The molecule has 2 amide bonds. The van der Waals surface area contributed by atoms with Crippen LogP contribution in [0, 0.1) is 0 Å². The fourth-order valence-electron chi connectivity index (χ4n) is 2.47. The summed E-state index contributed by atoms with van der Waals surface area (Å²) in [5.74, 6) is -2.20. The minimum absolute atomic E-state index is 0.00317. The number of halogens is 3. The van der Waals surface area contributed by atoms with Crippen LogP contribution in [-0.4, -0.2) is 63.0 Å². The highest BCUT2D eigenvalue weighted by Crippen LogP contribution is 2.34. The number of nitrogens with zero attached hydrogens (tertiary/aromatic N) is 5. The van der Waals surface area contributed by atoms with E-state index >= 15 is 0 Å². The van der Waals surface area contributed by atoms with Crippen molar-refractivity contribution in [3.05, 3.63) is 40.7 Å². The molecule has 3 rings (SSSR count). The Hall–Kier alpha value is -3.81. The molecule has 0 atom stereocenters. The lowest BCUT2D eigenvalue weighted by molar-refractivity contribution is -0.137. The zero-order valence-corrected chi connectivity index (χ0v) is 17.6. The van der Waals surface area contributed by atoms with Crippen LogP contribution in [0.2, 0.25) is 0 Å². The monoisotopic (exact) mass is 468 g/mol. The number of ether oxygens (including phenoxy) is 1. The molecule has 0 aliphatic carbocycles. The smallest absolute Gasteiger partial charge is 0.417 e. The van der Waals surface area contributed by atoms with E-state index in [1.54, 1.807) is 0 Å². The Labute approximate surface area is 182 Å². The van der Waals surface area contributed by atoms with Gasteiger partial charge in [-0.3, -0.25) is 19.9 Å². The van der Waals surface area contributed by atoms with Crippen LogP contribution in [0.5, 0.6) is 11.8 Å². The highest BCUT2D eigenvalue weighted by Gasteiger charge is 2.31. The van der Waals surface area contributed by atoms with E-state index < -0.39 is 29.4 Å². The molecule has 0 aliphatic heterocycles. The van der Waals surface area contributed by atoms with E-state index in [-0.39, 0.29) is 32.8 Å². The SMILES string of the molecule is COc1ncnc(O)c1C(=O)Nc1nc(-c2ccc(C(F)(F)F)cn2)c(C(=O)N(C)C)s1. The highest BCUT2D eigenvalue weighted by molar-refractivity contribution is 7.18. The van der Waals surface area contributed by atoms with Gasteiger partial charge in [0, 0.05) is 20.3 Å². The molecule has 168 valence electrons. The molecule has 0 radical (unpaired) electrons. The Bertz CT molecular complexity index is 1160. The number of thiazole rings is 1. The van der Waals surface area contributed by atoms with Gasteiger partial charge >= 0.3 is 6.18 Å². The van der Waals surface area contributed by atoms with Crippen molar-refractivity contribution in [3.8, 4) is 23.1 Å². The quantitative estimate of drug-likeness (QED) is 0.585. The van der Waals surface area contributed by atoms with Gasteiger partial charge in [0.25, 0.3) is 11.8 Å². The molecule has 10 nitrogen and oxygen atoms in total. The molecule has 32 heavy (non-hydrogen) atoms. The average molecular weight is 468 g/mol. The van der Waals surface area contributed by atoms with Crippen LogP contribution in [0.15, 0.2) is 24.7 Å². The van der Waals surface area contributed by atoms with E-state index in [9.17, 15) is 27.9 Å². The van der Waals surface area contributed by atoms with E-state index in [0.717, 1.165) is 29.8 Å². The number of hydrogen-bond donors (Lipinski definition) is 2. The number of nitrogens with one attached hydrogen (secondary N) is 1. The number of hydrogen-bond acceptors (Lipinski definition) is 9.